The summed E-state index contributed by atoms with van der Waals surface area (Å²) in [6.45, 7) is 6.71. The Morgan fingerprint density at radius 2 is 2.00 bits per heavy atom. The Morgan fingerprint density at radius 1 is 1.22 bits per heavy atom. The molecule has 2 rings (SSSR count). The van der Waals surface area contributed by atoms with Crippen LogP contribution in [0.4, 0.5) is 0 Å². The molecule has 5 nitrogen and oxygen atoms in total. The molecule has 1 saturated heterocycles. The molecule has 5 heteroatoms. The lowest BCUT2D eigenvalue weighted by Crippen LogP contribution is -2.47. The second-order valence-corrected chi connectivity index (χ2v) is 5.69. The Morgan fingerprint density at radius 3 is 2.70 bits per heavy atom. The number of rotatable bonds is 8. The van der Waals surface area contributed by atoms with Crippen molar-refractivity contribution in [3.63, 3.8) is 0 Å². The van der Waals surface area contributed by atoms with Crippen molar-refractivity contribution >= 4 is 5.91 Å². The molecule has 23 heavy (non-hydrogen) atoms. The van der Waals surface area contributed by atoms with E-state index in [0.717, 1.165) is 49.3 Å². The third-order valence-electron chi connectivity index (χ3n) is 3.95. The van der Waals surface area contributed by atoms with E-state index < -0.39 is 0 Å². The lowest BCUT2D eigenvalue weighted by molar-refractivity contribution is -0.123. The van der Waals surface area contributed by atoms with Gasteiger partial charge in [-0.3, -0.25) is 4.79 Å². The molecule has 1 aliphatic rings. The Balaban J connectivity index is 1.84. The van der Waals surface area contributed by atoms with Gasteiger partial charge in [-0.25, -0.2) is 0 Å². The molecular formula is C18H28N2O3. The predicted molar refractivity (Wildman–Crippen MR) is 91.1 cm³/mol. The molecule has 1 aromatic carbocycles. The summed E-state index contributed by atoms with van der Waals surface area (Å²) >= 11 is 0. The summed E-state index contributed by atoms with van der Waals surface area (Å²) in [5.74, 6) is 1.65. The van der Waals surface area contributed by atoms with Gasteiger partial charge in [0.25, 0.3) is 0 Å². The maximum absolute atomic E-state index is 12.1. The second-order valence-electron chi connectivity index (χ2n) is 5.69. The van der Waals surface area contributed by atoms with Crippen LogP contribution in [-0.4, -0.2) is 38.3 Å². The topological polar surface area (TPSA) is 59.6 Å². The van der Waals surface area contributed by atoms with E-state index in [1.807, 2.05) is 32.0 Å². The number of ether oxygens (including phenoxy) is 2. The summed E-state index contributed by atoms with van der Waals surface area (Å²) in [5, 5.41) is 6.28. The number of hydrogen-bond acceptors (Lipinski definition) is 4. The van der Waals surface area contributed by atoms with Gasteiger partial charge in [-0.2, -0.15) is 0 Å². The molecule has 1 atom stereocenters. The van der Waals surface area contributed by atoms with Gasteiger partial charge in [-0.15, -0.1) is 0 Å². The molecule has 0 saturated carbocycles. The standard InChI is InChI=1S/C18H28N2O3/c1-3-22-16-9-8-14(13-17(16)23-4-2)10-12-20-18(21)15-7-5-6-11-19-15/h8-9,13,15,19H,3-7,10-12H2,1-2H3,(H,20,21)/t15-/m1/s1. The predicted octanol–water partition coefficient (Wildman–Crippen LogP) is 2.28. The van der Waals surface area contributed by atoms with Gasteiger partial charge in [0.1, 0.15) is 0 Å². The lowest BCUT2D eigenvalue weighted by Gasteiger charge is -2.22. The van der Waals surface area contributed by atoms with Gasteiger partial charge in [-0.05, 0) is 57.4 Å². The first kappa shape index (κ1) is 17.6. The number of amides is 1. The molecule has 2 N–H and O–H groups in total. The fraction of sp³-hybridized carbons (Fsp3) is 0.611. The molecule has 1 heterocycles. The first-order chi connectivity index (χ1) is 11.2. The quantitative estimate of drug-likeness (QED) is 0.771. The highest BCUT2D eigenvalue weighted by atomic mass is 16.5. The van der Waals surface area contributed by atoms with E-state index in [0.29, 0.717) is 19.8 Å². The van der Waals surface area contributed by atoms with Crippen LogP contribution >= 0.6 is 0 Å². The zero-order valence-electron chi connectivity index (χ0n) is 14.2. The van der Waals surface area contributed by atoms with Gasteiger partial charge in [-0.1, -0.05) is 12.5 Å². The molecule has 1 amide bonds. The van der Waals surface area contributed by atoms with Gasteiger partial charge < -0.3 is 20.1 Å². The van der Waals surface area contributed by atoms with E-state index >= 15 is 0 Å². The Kier molecular flexibility index (Phi) is 7.20. The Labute approximate surface area is 138 Å². The van der Waals surface area contributed by atoms with E-state index in [2.05, 4.69) is 10.6 Å². The van der Waals surface area contributed by atoms with Crippen LogP contribution in [0.25, 0.3) is 0 Å². The summed E-state index contributed by atoms with van der Waals surface area (Å²) in [6, 6.07) is 5.94. The van der Waals surface area contributed by atoms with Crippen molar-refractivity contribution in [2.45, 2.75) is 45.6 Å². The fourth-order valence-electron chi connectivity index (χ4n) is 2.78. The van der Waals surface area contributed by atoms with Crippen molar-refractivity contribution in [1.82, 2.24) is 10.6 Å². The van der Waals surface area contributed by atoms with Gasteiger partial charge >= 0.3 is 0 Å². The lowest BCUT2D eigenvalue weighted by atomic mass is 10.0. The molecule has 0 radical (unpaired) electrons. The third-order valence-corrected chi connectivity index (χ3v) is 3.95. The van der Waals surface area contributed by atoms with Crippen molar-refractivity contribution in [3.8, 4) is 11.5 Å². The third kappa shape index (κ3) is 5.43. The summed E-state index contributed by atoms with van der Waals surface area (Å²) in [4.78, 5) is 12.1. The van der Waals surface area contributed by atoms with Crippen LogP contribution in [-0.2, 0) is 11.2 Å². The van der Waals surface area contributed by atoms with E-state index in [1.54, 1.807) is 0 Å². The number of nitrogens with one attached hydrogen (secondary N) is 2. The fourth-order valence-corrected chi connectivity index (χ4v) is 2.78. The number of piperidine rings is 1. The molecule has 0 unspecified atom stereocenters. The SMILES string of the molecule is CCOc1ccc(CCNC(=O)[C@H]2CCCCN2)cc1OCC. The smallest absolute Gasteiger partial charge is 0.237 e. The summed E-state index contributed by atoms with van der Waals surface area (Å²) in [5.41, 5.74) is 1.13. The van der Waals surface area contributed by atoms with E-state index in [1.165, 1.54) is 0 Å². The van der Waals surface area contributed by atoms with E-state index in [4.69, 9.17) is 9.47 Å². The zero-order chi connectivity index (χ0) is 16.5. The summed E-state index contributed by atoms with van der Waals surface area (Å²) in [6.07, 6.45) is 4.01. The van der Waals surface area contributed by atoms with Gasteiger partial charge in [0.2, 0.25) is 5.91 Å². The van der Waals surface area contributed by atoms with E-state index in [-0.39, 0.29) is 11.9 Å². The van der Waals surface area contributed by atoms with Crippen molar-refractivity contribution in [3.05, 3.63) is 23.8 Å². The zero-order valence-corrected chi connectivity index (χ0v) is 14.2. The van der Waals surface area contributed by atoms with E-state index in [9.17, 15) is 4.79 Å². The number of carbonyl (C=O) groups excluding carboxylic acids is 1. The molecule has 0 spiro atoms. The van der Waals surface area contributed by atoms with Crippen molar-refractivity contribution in [2.24, 2.45) is 0 Å². The highest BCUT2D eigenvalue weighted by Crippen LogP contribution is 2.28. The molecule has 128 valence electrons. The van der Waals surface area contributed by atoms with Crippen LogP contribution in [0.5, 0.6) is 11.5 Å². The van der Waals surface area contributed by atoms with Crippen LogP contribution in [0.3, 0.4) is 0 Å². The summed E-state index contributed by atoms with van der Waals surface area (Å²) < 4.78 is 11.2. The maximum atomic E-state index is 12.1. The van der Waals surface area contributed by atoms with Crippen molar-refractivity contribution in [2.75, 3.05) is 26.3 Å². The number of benzene rings is 1. The van der Waals surface area contributed by atoms with Crippen LogP contribution in [0.15, 0.2) is 18.2 Å². The number of carbonyl (C=O) groups is 1. The second kappa shape index (κ2) is 9.40. The highest BCUT2D eigenvalue weighted by Gasteiger charge is 2.19. The monoisotopic (exact) mass is 320 g/mol. The molecule has 1 fully saturated rings. The van der Waals surface area contributed by atoms with Gasteiger partial charge in [0.15, 0.2) is 11.5 Å². The first-order valence-corrected chi connectivity index (χ1v) is 8.64. The minimum absolute atomic E-state index is 0.0249. The molecule has 1 aromatic rings. The first-order valence-electron chi connectivity index (χ1n) is 8.64. The molecule has 0 aromatic heterocycles. The van der Waals surface area contributed by atoms with Crippen LogP contribution in [0, 0.1) is 0 Å². The molecule has 0 aliphatic carbocycles. The van der Waals surface area contributed by atoms with Crippen LogP contribution < -0.4 is 20.1 Å². The Bertz CT molecular complexity index is 499. The van der Waals surface area contributed by atoms with Crippen LogP contribution in [0.1, 0.15) is 38.7 Å². The molecule has 0 bridgehead atoms. The average Bonchev–Trinajstić information content (AvgIpc) is 2.58. The minimum Gasteiger partial charge on any atom is -0.490 e. The minimum atomic E-state index is -0.0249. The average molecular weight is 320 g/mol. The highest BCUT2D eigenvalue weighted by molar-refractivity contribution is 5.81. The van der Waals surface area contributed by atoms with Gasteiger partial charge in [0, 0.05) is 6.54 Å². The van der Waals surface area contributed by atoms with Crippen molar-refractivity contribution in [1.29, 1.82) is 0 Å². The summed E-state index contributed by atoms with van der Waals surface area (Å²) in [7, 11) is 0. The van der Waals surface area contributed by atoms with Gasteiger partial charge in [0.05, 0.1) is 19.3 Å². The maximum Gasteiger partial charge on any atom is 0.237 e. The normalized spacial score (nSPS) is 17.6. The largest absolute Gasteiger partial charge is 0.490 e. The molecule has 1 aliphatic heterocycles. The van der Waals surface area contributed by atoms with Crippen molar-refractivity contribution < 1.29 is 14.3 Å². The van der Waals surface area contributed by atoms with Crippen LogP contribution in [0.2, 0.25) is 0 Å². The molecular weight excluding hydrogens is 292 g/mol. The Hall–Kier alpha value is -1.75. The number of hydrogen-bond donors (Lipinski definition) is 2.